The van der Waals surface area contributed by atoms with Crippen LogP contribution < -0.4 is 20.3 Å². The van der Waals surface area contributed by atoms with Gasteiger partial charge in [0.1, 0.15) is 11.3 Å². The summed E-state index contributed by atoms with van der Waals surface area (Å²) in [4.78, 5) is 28.2. The summed E-state index contributed by atoms with van der Waals surface area (Å²) < 4.78 is 13.2. The SMILES string of the molecule is COc1cc2c(c(-c3cn(C)c(=O)c4[nH]ccc34)c1)O[C@H](c1ccccc1)C(=O)N2. The minimum atomic E-state index is -0.778. The fourth-order valence-corrected chi connectivity index (χ4v) is 3.84. The molecule has 0 radical (unpaired) electrons. The molecule has 0 unspecified atom stereocenters. The maximum absolute atomic E-state index is 12.7. The average Bonchev–Trinajstić information content (AvgIpc) is 3.26. The predicted octanol–water partition coefficient (Wildman–Crippen LogP) is 3.61. The summed E-state index contributed by atoms with van der Waals surface area (Å²) in [7, 11) is 3.27. The number of pyridine rings is 1. The van der Waals surface area contributed by atoms with E-state index in [-0.39, 0.29) is 11.5 Å². The van der Waals surface area contributed by atoms with Crippen LogP contribution in [0.15, 0.2) is 65.7 Å². The van der Waals surface area contributed by atoms with Crippen molar-refractivity contribution < 1.29 is 14.3 Å². The summed E-state index contributed by atoms with van der Waals surface area (Å²) in [5.74, 6) is 0.855. The Balaban J connectivity index is 1.75. The second-order valence-corrected chi connectivity index (χ2v) is 7.17. The van der Waals surface area contributed by atoms with Crippen LogP contribution in [-0.2, 0) is 11.8 Å². The molecule has 2 aromatic carbocycles. The number of ether oxygens (including phenoxy) is 2. The van der Waals surface area contributed by atoms with Crippen LogP contribution >= 0.6 is 0 Å². The van der Waals surface area contributed by atoms with Crippen molar-refractivity contribution in [1.82, 2.24) is 9.55 Å². The highest BCUT2D eigenvalue weighted by molar-refractivity contribution is 6.03. The summed E-state index contributed by atoms with van der Waals surface area (Å²) in [6.45, 7) is 0. The van der Waals surface area contributed by atoms with E-state index in [1.165, 1.54) is 4.57 Å². The number of anilines is 1. The van der Waals surface area contributed by atoms with Crippen LogP contribution in [0.25, 0.3) is 22.0 Å². The molecule has 2 N–H and O–H groups in total. The van der Waals surface area contributed by atoms with Crippen LogP contribution in [0, 0.1) is 0 Å². The van der Waals surface area contributed by atoms with E-state index in [2.05, 4.69) is 10.3 Å². The zero-order chi connectivity index (χ0) is 20.8. The first kappa shape index (κ1) is 18.1. The largest absolute Gasteiger partial charge is 0.497 e. The molecule has 0 aliphatic carbocycles. The van der Waals surface area contributed by atoms with E-state index < -0.39 is 6.10 Å². The molecule has 1 atom stereocenters. The lowest BCUT2D eigenvalue weighted by Gasteiger charge is -2.28. The lowest BCUT2D eigenvalue weighted by Crippen LogP contribution is -2.30. The van der Waals surface area contributed by atoms with E-state index >= 15 is 0 Å². The number of hydrogen-bond acceptors (Lipinski definition) is 4. The maximum Gasteiger partial charge on any atom is 0.274 e. The normalized spacial score (nSPS) is 15.4. The molecule has 30 heavy (non-hydrogen) atoms. The van der Waals surface area contributed by atoms with Gasteiger partial charge in [-0.1, -0.05) is 30.3 Å². The van der Waals surface area contributed by atoms with E-state index in [0.29, 0.717) is 22.7 Å². The van der Waals surface area contributed by atoms with E-state index in [1.807, 2.05) is 42.5 Å². The van der Waals surface area contributed by atoms with Gasteiger partial charge in [0.25, 0.3) is 11.5 Å². The molecule has 0 saturated carbocycles. The van der Waals surface area contributed by atoms with Crippen molar-refractivity contribution in [2.24, 2.45) is 7.05 Å². The number of nitrogens with zero attached hydrogens (tertiary/aromatic N) is 1. The number of nitrogens with one attached hydrogen (secondary N) is 2. The monoisotopic (exact) mass is 401 g/mol. The van der Waals surface area contributed by atoms with Gasteiger partial charge in [-0.2, -0.15) is 0 Å². The van der Waals surface area contributed by atoms with Crippen LogP contribution in [0.5, 0.6) is 11.5 Å². The number of aryl methyl sites for hydroxylation is 1. The number of carbonyl (C=O) groups is 1. The molecule has 4 aromatic rings. The van der Waals surface area contributed by atoms with Gasteiger partial charge in [0, 0.05) is 47.6 Å². The van der Waals surface area contributed by atoms with Gasteiger partial charge in [0.2, 0.25) is 6.10 Å². The molecule has 0 fully saturated rings. The van der Waals surface area contributed by atoms with Gasteiger partial charge in [-0.3, -0.25) is 9.59 Å². The number of hydrogen-bond donors (Lipinski definition) is 2. The van der Waals surface area contributed by atoms with Gasteiger partial charge in [0.15, 0.2) is 5.75 Å². The van der Waals surface area contributed by atoms with Gasteiger partial charge in [-0.25, -0.2) is 0 Å². The van der Waals surface area contributed by atoms with Crippen molar-refractivity contribution in [2.45, 2.75) is 6.10 Å². The van der Waals surface area contributed by atoms with Crippen LogP contribution in [0.2, 0.25) is 0 Å². The highest BCUT2D eigenvalue weighted by Crippen LogP contribution is 2.46. The smallest absolute Gasteiger partial charge is 0.274 e. The summed E-state index contributed by atoms with van der Waals surface area (Å²) in [5.41, 5.74) is 3.20. The molecule has 7 nitrogen and oxygen atoms in total. The first-order valence-electron chi connectivity index (χ1n) is 9.48. The minimum Gasteiger partial charge on any atom is -0.497 e. The molecule has 1 aliphatic rings. The zero-order valence-electron chi connectivity index (χ0n) is 16.4. The molecular weight excluding hydrogens is 382 g/mol. The molecule has 0 saturated heterocycles. The number of benzene rings is 2. The number of aromatic amines is 1. The van der Waals surface area contributed by atoms with Gasteiger partial charge in [-0.05, 0) is 12.1 Å². The maximum atomic E-state index is 12.7. The van der Waals surface area contributed by atoms with Crippen molar-refractivity contribution in [3.63, 3.8) is 0 Å². The summed E-state index contributed by atoms with van der Waals surface area (Å²) >= 11 is 0. The fraction of sp³-hybridized carbons (Fsp3) is 0.130. The van der Waals surface area contributed by atoms with Crippen molar-refractivity contribution in [3.8, 4) is 22.6 Å². The molecular formula is C23H19N3O4. The Morgan fingerprint density at radius 3 is 2.63 bits per heavy atom. The first-order chi connectivity index (χ1) is 14.6. The van der Waals surface area contributed by atoms with E-state index in [4.69, 9.17) is 9.47 Å². The highest BCUT2D eigenvalue weighted by Gasteiger charge is 2.32. The average molecular weight is 401 g/mol. The number of fused-ring (bicyclic) bond motifs is 2. The number of amides is 1. The molecule has 3 heterocycles. The number of methoxy groups -OCH3 is 1. The second-order valence-electron chi connectivity index (χ2n) is 7.17. The number of rotatable bonds is 3. The van der Waals surface area contributed by atoms with Crippen LogP contribution in [0.3, 0.4) is 0 Å². The fourth-order valence-electron chi connectivity index (χ4n) is 3.84. The van der Waals surface area contributed by atoms with Crippen LogP contribution in [-0.4, -0.2) is 22.6 Å². The number of H-pyrrole nitrogens is 1. The van der Waals surface area contributed by atoms with Crippen molar-refractivity contribution in [2.75, 3.05) is 12.4 Å². The molecule has 1 aliphatic heterocycles. The number of aromatic nitrogens is 2. The topological polar surface area (TPSA) is 85.3 Å². The third-order valence-electron chi connectivity index (χ3n) is 5.32. The Labute approximate surface area is 171 Å². The molecule has 7 heteroatoms. The Hall–Kier alpha value is -4.00. The van der Waals surface area contributed by atoms with E-state index in [0.717, 1.165) is 22.1 Å². The third kappa shape index (κ3) is 2.75. The Bertz CT molecular complexity index is 1340. The summed E-state index contributed by atoms with van der Waals surface area (Å²) in [6.07, 6.45) is 2.72. The summed E-state index contributed by atoms with van der Waals surface area (Å²) in [6, 6.07) is 14.8. The standard InChI is InChI=1S/C23H19N3O4/c1-26-12-17(15-8-9-24-19(15)23(26)28)16-10-14(29-2)11-18-21(16)30-20(22(27)25-18)13-6-4-3-5-7-13/h3-12,20,24H,1-2H3,(H,25,27)/t20-/m1/s1. The lowest BCUT2D eigenvalue weighted by atomic mass is 9.99. The van der Waals surface area contributed by atoms with Crippen molar-refractivity contribution in [1.29, 1.82) is 0 Å². The highest BCUT2D eigenvalue weighted by atomic mass is 16.5. The Morgan fingerprint density at radius 2 is 1.87 bits per heavy atom. The third-order valence-corrected chi connectivity index (χ3v) is 5.32. The van der Waals surface area contributed by atoms with Gasteiger partial charge in [0.05, 0.1) is 12.8 Å². The predicted molar refractivity (Wildman–Crippen MR) is 114 cm³/mol. The molecule has 5 rings (SSSR count). The van der Waals surface area contributed by atoms with Crippen molar-refractivity contribution in [3.05, 3.63) is 76.8 Å². The molecule has 150 valence electrons. The second kappa shape index (κ2) is 6.81. The van der Waals surface area contributed by atoms with Gasteiger partial charge < -0.3 is 24.3 Å². The van der Waals surface area contributed by atoms with Crippen molar-refractivity contribution >= 4 is 22.5 Å². The zero-order valence-corrected chi connectivity index (χ0v) is 16.4. The van der Waals surface area contributed by atoms with Crippen LogP contribution in [0.4, 0.5) is 5.69 Å². The minimum absolute atomic E-state index is 0.119. The number of carbonyl (C=O) groups excluding carboxylic acids is 1. The molecule has 2 aromatic heterocycles. The Kier molecular flexibility index (Phi) is 4.10. The molecule has 1 amide bonds. The van der Waals surface area contributed by atoms with Crippen LogP contribution in [0.1, 0.15) is 11.7 Å². The molecule has 0 spiro atoms. The molecule has 0 bridgehead atoms. The van der Waals surface area contributed by atoms with E-state index in [1.54, 1.807) is 32.6 Å². The van der Waals surface area contributed by atoms with Gasteiger partial charge >= 0.3 is 0 Å². The first-order valence-corrected chi connectivity index (χ1v) is 9.48. The van der Waals surface area contributed by atoms with Gasteiger partial charge in [-0.15, -0.1) is 0 Å². The lowest BCUT2D eigenvalue weighted by molar-refractivity contribution is -0.123. The quantitative estimate of drug-likeness (QED) is 0.549. The summed E-state index contributed by atoms with van der Waals surface area (Å²) in [5, 5.41) is 3.71. The Morgan fingerprint density at radius 1 is 1.07 bits per heavy atom. The van der Waals surface area contributed by atoms with E-state index in [9.17, 15) is 9.59 Å².